The normalized spacial score (nSPS) is 15.3. The number of rotatable bonds is 7. The highest BCUT2D eigenvalue weighted by molar-refractivity contribution is 5.75. The van der Waals surface area contributed by atoms with Gasteiger partial charge in [-0.15, -0.1) is 6.58 Å². The fraction of sp³-hybridized carbons (Fsp3) is 0.389. The number of fused-ring (bicyclic) bond motifs is 1. The molecule has 1 aliphatic rings. The molecule has 3 nitrogen and oxygen atoms in total. The van der Waals surface area contributed by atoms with Gasteiger partial charge in [-0.25, -0.2) is 0 Å². The zero-order valence-electron chi connectivity index (χ0n) is 12.8. The number of nitrogens with one attached hydrogen (secondary N) is 1. The van der Waals surface area contributed by atoms with Crippen molar-refractivity contribution in [2.24, 2.45) is 0 Å². The summed E-state index contributed by atoms with van der Waals surface area (Å²) >= 11 is 0. The quantitative estimate of drug-likeness (QED) is 0.614. The van der Waals surface area contributed by atoms with Gasteiger partial charge in [0, 0.05) is 30.0 Å². The van der Waals surface area contributed by atoms with Crippen molar-refractivity contribution in [2.45, 2.75) is 32.2 Å². The van der Waals surface area contributed by atoms with E-state index in [4.69, 9.17) is 0 Å². The molecular formula is C18H24N2O. The molecule has 112 valence electrons. The maximum Gasteiger partial charge on any atom is 0.142 e. The van der Waals surface area contributed by atoms with Gasteiger partial charge in [-0.3, -0.25) is 0 Å². The molecule has 0 fully saturated rings. The molecule has 0 saturated carbocycles. The van der Waals surface area contributed by atoms with Gasteiger partial charge in [0.25, 0.3) is 0 Å². The highest BCUT2D eigenvalue weighted by Crippen LogP contribution is 2.33. The van der Waals surface area contributed by atoms with Gasteiger partial charge >= 0.3 is 0 Å². The summed E-state index contributed by atoms with van der Waals surface area (Å²) < 4.78 is 0. The molecule has 0 aliphatic carbocycles. The summed E-state index contributed by atoms with van der Waals surface area (Å²) in [5.41, 5.74) is 4.55. The van der Waals surface area contributed by atoms with Crippen LogP contribution in [0.25, 0.3) is 5.70 Å². The molecule has 1 aromatic carbocycles. The second-order valence-corrected chi connectivity index (χ2v) is 5.38. The van der Waals surface area contributed by atoms with Crippen molar-refractivity contribution in [1.82, 2.24) is 4.90 Å². The van der Waals surface area contributed by atoms with Crippen LogP contribution in [-0.4, -0.2) is 30.3 Å². The highest BCUT2D eigenvalue weighted by Gasteiger charge is 2.26. The van der Waals surface area contributed by atoms with Gasteiger partial charge in [0.2, 0.25) is 0 Å². The van der Waals surface area contributed by atoms with Gasteiger partial charge in [-0.2, -0.15) is 0 Å². The van der Waals surface area contributed by atoms with E-state index in [9.17, 15) is 4.79 Å². The molecule has 3 heteroatoms. The van der Waals surface area contributed by atoms with Crippen LogP contribution in [-0.2, 0) is 11.2 Å². The first-order chi connectivity index (χ1) is 10.2. The maximum atomic E-state index is 11.4. The van der Waals surface area contributed by atoms with Gasteiger partial charge in [-0.1, -0.05) is 38.1 Å². The summed E-state index contributed by atoms with van der Waals surface area (Å²) in [6.07, 6.45) is 5.72. The van der Waals surface area contributed by atoms with E-state index in [-0.39, 0.29) is 6.04 Å². The monoisotopic (exact) mass is 284 g/mol. The molecule has 1 N–H and O–H groups in total. The van der Waals surface area contributed by atoms with Crippen molar-refractivity contribution >= 4 is 17.7 Å². The van der Waals surface area contributed by atoms with E-state index in [2.05, 4.69) is 42.4 Å². The Balaban J connectivity index is 2.27. The Morgan fingerprint density at radius 2 is 2.29 bits per heavy atom. The van der Waals surface area contributed by atoms with Crippen molar-refractivity contribution < 1.29 is 4.79 Å². The number of benzene rings is 1. The fourth-order valence-corrected chi connectivity index (χ4v) is 2.96. The Morgan fingerprint density at radius 3 is 2.95 bits per heavy atom. The number of nitrogens with zero attached hydrogens (tertiary/aromatic N) is 1. The van der Waals surface area contributed by atoms with Gasteiger partial charge in [0.05, 0.1) is 6.04 Å². The SMILES string of the molecule is C=CCNc1cccc2c1CCN(C(C=O)CCC)C2=C. The van der Waals surface area contributed by atoms with Crippen LogP contribution in [0.3, 0.4) is 0 Å². The van der Waals surface area contributed by atoms with Crippen LogP contribution in [0.4, 0.5) is 5.69 Å². The van der Waals surface area contributed by atoms with Gasteiger partial charge in [0.1, 0.15) is 6.29 Å². The Hall–Kier alpha value is -2.03. The molecule has 0 spiro atoms. The summed E-state index contributed by atoms with van der Waals surface area (Å²) in [5.74, 6) is 0. The maximum absolute atomic E-state index is 11.4. The Labute approximate surface area is 127 Å². The van der Waals surface area contributed by atoms with Crippen LogP contribution in [0.5, 0.6) is 0 Å². The van der Waals surface area contributed by atoms with Gasteiger partial charge < -0.3 is 15.0 Å². The number of hydrogen-bond acceptors (Lipinski definition) is 3. The Morgan fingerprint density at radius 1 is 1.48 bits per heavy atom. The molecule has 1 unspecified atom stereocenters. The molecule has 1 aromatic rings. The lowest BCUT2D eigenvalue weighted by molar-refractivity contribution is -0.111. The number of hydrogen-bond donors (Lipinski definition) is 1. The summed E-state index contributed by atoms with van der Waals surface area (Å²) in [7, 11) is 0. The molecule has 0 amide bonds. The zero-order chi connectivity index (χ0) is 15.2. The van der Waals surface area contributed by atoms with Crippen LogP contribution in [0.2, 0.25) is 0 Å². The van der Waals surface area contributed by atoms with Crippen molar-refractivity contribution in [3.63, 3.8) is 0 Å². The van der Waals surface area contributed by atoms with E-state index < -0.39 is 0 Å². The third-order valence-electron chi connectivity index (χ3n) is 4.02. The van der Waals surface area contributed by atoms with Crippen LogP contribution < -0.4 is 5.32 Å². The van der Waals surface area contributed by atoms with Crippen LogP contribution >= 0.6 is 0 Å². The molecule has 1 heterocycles. The number of carbonyl (C=O) groups is 1. The molecule has 0 radical (unpaired) electrons. The number of aldehydes is 1. The first kappa shape index (κ1) is 15.4. The summed E-state index contributed by atoms with van der Waals surface area (Å²) in [4.78, 5) is 13.5. The highest BCUT2D eigenvalue weighted by atomic mass is 16.1. The number of carbonyl (C=O) groups excluding carboxylic acids is 1. The minimum Gasteiger partial charge on any atom is -0.381 e. The summed E-state index contributed by atoms with van der Waals surface area (Å²) in [6, 6.07) is 6.17. The van der Waals surface area contributed by atoms with Crippen LogP contribution in [0.15, 0.2) is 37.4 Å². The lowest BCUT2D eigenvalue weighted by atomic mass is 9.93. The van der Waals surface area contributed by atoms with Crippen molar-refractivity contribution in [1.29, 1.82) is 0 Å². The average molecular weight is 284 g/mol. The third-order valence-corrected chi connectivity index (χ3v) is 4.02. The lowest BCUT2D eigenvalue weighted by Crippen LogP contribution is -2.39. The lowest BCUT2D eigenvalue weighted by Gasteiger charge is -2.37. The second kappa shape index (κ2) is 7.11. The topological polar surface area (TPSA) is 32.3 Å². The minimum atomic E-state index is -0.0551. The predicted molar refractivity (Wildman–Crippen MR) is 89.3 cm³/mol. The van der Waals surface area contributed by atoms with Gasteiger partial charge in [0.15, 0.2) is 0 Å². The fourth-order valence-electron chi connectivity index (χ4n) is 2.96. The molecule has 0 bridgehead atoms. The standard InChI is InChI=1S/C18H24N2O/c1-4-7-15(13-21)20-12-10-17-16(14(20)3)8-6-9-18(17)19-11-5-2/h5-6,8-9,13,15,19H,2-4,7,10-12H2,1H3. The predicted octanol–water partition coefficient (Wildman–Crippen LogP) is 3.48. The Kier molecular flexibility index (Phi) is 5.20. The molecular weight excluding hydrogens is 260 g/mol. The molecule has 1 atom stereocenters. The largest absolute Gasteiger partial charge is 0.381 e. The molecule has 1 aliphatic heterocycles. The second-order valence-electron chi connectivity index (χ2n) is 5.38. The third kappa shape index (κ3) is 3.18. The van der Waals surface area contributed by atoms with E-state index in [1.165, 1.54) is 5.56 Å². The van der Waals surface area contributed by atoms with Gasteiger partial charge in [-0.05, 0) is 24.5 Å². The van der Waals surface area contributed by atoms with Crippen molar-refractivity contribution in [2.75, 3.05) is 18.4 Å². The zero-order valence-corrected chi connectivity index (χ0v) is 12.8. The van der Waals surface area contributed by atoms with E-state index in [0.29, 0.717) is 0 Å². The van der Waals surface area contributed by atoms with Crippen molar-refractivity contribution in [3.8, 4) is 0 Å². The molecule has 21 heavy (non-hydrogen) atoms. The van der Waals surface area contributed by atoms with E-state index in [1.54, 1.807) is 0 Å². The van der Waals surface area contributed by atoms with Crippen molar-refractivity contribution in [3.05, 3.63) is 48.6 Å². The summed E-state index contributed by atoms with van der Waals surface area (Å²) in [5, 5.41) is 3.38. The molecule has 0 saturated heterocycles. The minimum absolute atomic E-state index is 0.0551. The smallest absolute Gasteiger partial charge is 0.142 e. The summed E-state index contributed by atoms with van der Waals surface area (Å²) in [6.45, 7) is 11.7. The average Bonchev–Trinajstić information content (AvgIpc) is 2.51. The van der Waals surface area contributed by atoms with E-state index >= 15 is 0 Å². The van der Waals surface area contributed by atoms with Crippen LogP contribution in [0.1, 0.15) is 30.9 Å². The van der Waals surface area contributed by atoms with Crippen LogP contribution in [0, 0.1) is 0 Å². The first-order valence-electron chi connectivity index (χ1n) is 7.60. The first-order valence-corrected chi connectivity index (χ1v) is 7.60. The molecule has 0 aromatic heterocycles. The van der Waals surface area contributed by atoms with E-state index in [0.717, 1.165) is 55.6 Å². The Bertz CT molecular complexity index is 536. The van der Waals surface area contributed by atoms with E-state index in [1.807, 2.05) is 12.1 Å². The number of anilines is 1. The molecule has 2 rings (SSSR count).